The van der Waals surface area contributed by atoms with Crippen LogP contribution in [0.1, 0.15) is 41.9 Å². The molecule has 7 nitrogen and oxygen atoms in total. The van der Waals surface area contributed by atoms with E-state index in [-0.39, 0.29) is 5.91 Å². The Labute approximate surface area is 148 Å². The van der Waals surface area contributed by atoms with Crippen molar-refractivity contribution in [3.8, 4) is 16.6 Å². The van der Waals surface area contributed by atoms with Crippen LogP contribution in [0.4, 0.5) is 5.69 Å². The third-order valence-electron chi connectivity index (χ3n) is 3.78. The molecule has 25 heavy (non-hydrogen) atoms. The summed E-state index contributed by atoms with van der Waals surface area (Å²) in [6, 6.07) is 5.17. The summed E-state index contributed by atoms with van der Waals surface area (Å²) in [5.41, 5.74) is 1.10. The fraction of sp³-hybridized carbons (Fsp3) is 0.294. The summed E-state index contributed by atoms with van der Waals surface area (Å²) in [4.78, 5) is 21.7. The summed E-state index contributed by atoms with van der Waals surface area (Å²) in [5.74, 6) is 1.85. The van der Waals surface area contributed by atoms with E-state index in [9.17, 15) is 4.79 Å². The number of hydrogen-bond acceptors (Lipinski definition) is 7. The minimum Gasteiger partial charge on any atom is -0.478 e. The molecule has 0 aliphatic heterocycles. The van der Waals surface area contributed by atoms with Crippen LogP contribution in [0, 0.1) is 0 Å². The summed E-state index contributed by atoms with van der Waals surface area (Å²) in [6.45, 7) is 2.41. The van der Waals surface area contributed by atoms with Gasteiger partial charge in [-0.05, 0) is 37.3 Å². The van der Waals surface area contributed by atoms with Crippen LogP contribution >= 0.6 is 11.3 Å². The van der Waals surface area contributed by atoms with E-state index in [2.05, 4.69) is 20.4 Å². The number of thiophene rings is 1. The lowest BCUT2D eigenvalue weighted by atomic mass is 10.2. The summed E-state index contributed by atoms with van der Waals surface area (Å²) in [6.07, 6.45) is 3.71. The summed E-state index contributed by atoms with van der Waals surface area (Å²) in [5, 5.41) is 8.77. The predicted molar refractivity (Wildman–Crippen MR) is 92.9 cm³/mol. The van der Waals surface area contributed by atoms with Crippen molar-refractivity contribution in [2.24, 2.45) is 0 Å². The van der Waals surface area contributed by atoms with Gasteiger partial charge in [0.15, 0.2) is 5.82 Å². The Morgan fingerprint density at radius 2 is 2.28 bits per heavy atom. The quantitative estimate of drug-likeness (QED) is 0.724. The summed E-state index contributed by atoms with van der Waals surface area (Å²) < 4.78 is 10.6. The number of rotatable bonds is 6. The van der Waals surface area contributed by atoms with Crippen molar-refractivity contribution in [2.45, 2.75) is 25.7 Å². The second kappa shape index (κ2) is 6.64. The number of amides is 1. The molecular weight excluding hydrogens is 340 g/mol. The predicted octanol–water partition coefficient (Wildman–Crippen LogP) is 3.72. The summed E-state index contributed by atoms with van der Waals surface area (Å²) >= 11 is 1.45. The SMILES string of the molecule is CCOc1ccc(C(=O)Nc2ccsc2-c2nc(C3CC3)no2)cn1. The van der Waals surface area contributed by atoms with E-state index < -0.39 is 0 Å². The molecule has 0 atom stereocenters. The van der Waals surface area contributed by atoms with Crippen molar-refractivity contribution in [3.63, 3.8) is 0 Å². The van der Waals surface area contributed by atoms with Crippen molar-refractivity contribution < 1.29 is 14.1 Å². The van der Waals surface area contributed by atoms with Crippen LogP contribution in [0.15, 0.2) is 34.3 Å². The average Bonchev–Trinajstić information content (AvgIpc) is 3.17. The van der Waals surface area contributed by atoms with Gasteiger partial charge < -0.3 is 14.6 Å². The van der Waals surface area contributed by atoms with Gasteiger partial charge in [-0.15, -0.1) is 11.3 Å². The zero-order valence-corrected chi connectivity index (χ0v) is 14.4. The standard InChI is InChI=1S/C17H16N4O3S/c1-2-23-13-6-5-11(9-18-13)16(22)19-12-7-8-25-14(12)17-20-15(21-24-17)10-3-4-10/h5-10H,2-4H2,1H3,(H,19,22). The Morgan fingerprint density at radius 3 is 3.00 bits per heavy atom. The van der Waals surface area contributed by atoms with Crippen LogP contribution in [0.5, 0.6) is 5.88 Å². The Hall–Kier alpha value is -2.74. The van der Waals surface area contributed by atoms with Gasteiger partial charge >= 0.3 is 0 Å². The Bertz CT molecular complexity index is 883. The molecule has 0 spiro atoms. The number of nitrogens with one attached hydrogen (secondary N) is 1. The van der Waals surface area contributed by atoms with Gasteiger partial charge in [-0.25, -0.2) is 4.98 Å². The van der Waals surface area contributed by atoms with Crippen molar-refractivity contribution in [3.05, 3.63) is 41.2 Å². The molecule has 1 aliphatic carbocycles. The molecule has 0 saturated heterocycles. The molecule has 1 amide bonds. The lowest BCUT2D eigenvalue weighted by Gasteiger charge is -2.06. The largest absolute Gasteiger partial charge is 0.478 e. The lowest BCUT2D eigenvalue weighted by molar-refractivity contribution is 0.102. The van der Waals surface area contributed by atoms with E-state index >= 15 is 0 Å². The van der Waals surface area contributed by atoms with Crippen LogP contribution in [0.3, 0.4) is 0 Å². The number of nitrogens with zero attached hydrogens (tertiary/aromatic N) is 3. The minimum absolute atomic E-state index is 0.253. The van der Waals surface area contributed by atoms with E-state index in [4.69, 9.17) is 9.26 Å². The highest BCUT2D eigenvalue weighted by Gasteiger charge is 2.29. The molecule has 1 N–H and O–H groups in total. The smallest absolute Gasteiger partial charge is 0.270 e. The first-order valence-corrected chi connectivity index (χ1v) is 8.94. The first-order valence-electron chi connectivity index (χ1n) is 8.06. The fourth-order valence-electron chi connectivity index (χ4n) is 2.35. The zero-order chi connectivity index (χ0) is 17.2. The van der Waals surface area contributed by atoms with Crippen LogP contribution in [0.25, 0.3) is 10.8 Å². The molecule has 128 valence electrons. The normalized spacial score (nSPS) is 13.6. The molecule has 1 fully saturated rings. The molecule has 1 aliphatic rings. The Kier molecular flexibility index (Phi) is 4.19. The van der Waals surface area contributed by atoms with Crippen LogP contribution in [-0.4, -0.2) is 27.6 Å². The van der Waals surface area contributed by atoms with Gasteiger partial charge in [-0.3, -0.25) is 4.79 Å². The monoisotopic (exact) mass is 356 g/mol. The van der Waals surface area contributed by atoms with E-state index in [1.807, 2.05) is 18.4 Å². The molecule has 0 radical (unpaired) electrons. The third kappa shape index (κ3) is 3.39. The molecule has 3 heterocycles. The highest BCUT2D eigenvalue weighted by atomic mass is 32.1. The van der Waals surface area contributed by atoms with Gasteiger partial charge in [-0.1, -0.05) is 5.16 Å². The number of ether oxygens (including phenoxy) is 1. The lowest BCUT2D eigenvalue weighted by Crippen LogP contribution is -2.12. The van der Waals surface area contributed by atoms with Crippen molar-refractivity contribution in [1.82, 2.24) is 15.1 Å². The third-order valence-corrected chi connectivity index (χ3v) is 4.69. The first kappa shape index (κ1) is 15.8. The number of carbonyl (C=O) groups excluding carboxylic acids is 1. The Balaban J connectivity index is 1.50. The maximum Gasteiger partial charge on any atom is 0.270 e. The molecule has 0 unspecified atom stereocenters. The summed E-state index contributed by atoms with van der Waals surface area (Å²) in [7, 11) is 0. The van der Waals surface area contributed by atoms with Crippen LogP contribution < -0.4 is 10.1 Å². The maximum absolute atomic E-state index is 12.4. The topological polar surface area (TPSA) is 90.1 Å². The van der Waals surface area contributed by atoms with E-state index in [0.29, 0.717) is 35.5 Å². The second-order valence-electron chi connectivity index (χ2n) is 5.67. The number of carbonyl (C=O) groups is 1. The van der Waals surface area contributed by atoms with Crippen molar-refractivity contribution in [2.75, 3.05) is 11.9 Å². The molecular formula is C17H16N4O3S. The van der Waals surface area contributed by atoms with Gasteiger partial charge in [-0.2, -0.15) is 4.98 Å². The number of anilines is 1. The number of aromatic nitrogens is 3. The number of hydrogen-bond donors (Lipinski definition) is 1. The fourth-order valence-corrected chi connectivity index (χ4v) is 3.12. The average molecular weight is 356 g/mol. The van der Waals surface area contributed by atoms with E-state index in [0.717, 1.165) is 23.5 Å². The van der Waals surface area contributed by atoms with Gasteiger partial charge in [0.2, 0.25) is 5.88 Å². The van der Waals surface area contributed by atoms with Gasteiger partial charge in [0, 0.05) is 18.2 Å². The van der Waals surface area contributed by atoms with Gasteiger partial charge in [0.1, 0.15) is 4.88 Å². The van der Waals surface area contributed by atoms with Crippen LogP contribution in [0.2, 0.25) is 0 Å². The molecule has 0 aromatic carbocycles. The molecule has 3 aromatic rings. The van der Waals surface area contributed by atoms with Gasteiger partial charge in [0.25, 0.3) is 11.8 Å². The zero-order valence-electron chi connectivity index (χ0n) is 13.6. The van der Waals surface area contributed by atoms with Crippen LogP contribution in [-0.2, 0) is 0 Å². The molecule has 3 aromatic heterocycles. The molecule has 4 rings (SSSR count). The Morgan fingerprint density at radius 1 is 1.40 bits per heavy atom. The maximum atomic E-state index is 12.4. The minimum atomic E-state index is -0.253. The molecule has 8 heteroatoms. The highest BCUT2D eigenvalue weighted by molar-refractivity contribution is 7.14. The van der Waals surface area contributed by atoms with Crippen molar-refractivity contribution >= 4 is 22.9 Å². The van der Waals surface area contributed by atoms with Gasteiger partial charge in [0.05, 0.1) is 17.9 Å². The first-order chi connectivity index (χ1) is 12.2. The second-order valence-corrected chi connectivity index (χ2v) is 6.58. The van der Waals surface area contributed by atoms with E-state index in [1.54, 1.807) is 12.1 Å². The van der Waals surface area contributed by atoms with E-state index in [1.165, 1.54) is 17.5 Å². The number of pyridine rings is 1. The van der Waals surface area contributed by atoms with Crippen molar-refractivity contribution in [1.29, 1.82) is 0 Å². The molecule has 1 saturated carbocycles. The highest BCUT2D eigenvalue weighted by Crippen LogP contribution is 2.40. The molecule has 0 bridgehead atoms.